The van der Waals surface area contributed by atoms with Crippen LogP contribution in [0.3, 0.4) is 0 Å². The summed E-state index contributed by atoms with van der Waals surface area (Å²) in [5.74, 6) is -0.334. The Morgan fingerprint density at radius 3 is 2.68 bits per heavy atom. The summed E-state index contributed by atoms with van der Waals surface area (Å²) in [4.78, 5) is 24.8. The minimum Gasteiger partial charge on any atom is -0.450 e. The number of esters is 1. The Kier molecular flexibility index (Phi) is 4.39. The van der Waals surface area contributed by atoms with Gasteiger partial charge in [0, 0.05) is 12.0 Å². The van der Waals surface area contributed by atoms with Crippen molar-refractivity contribution < 1.29 is 14.3 Å². The highest BCUT2D eigenvalue weighted by molar-refractivity contribution is 7.12. The number of thiophene rings is 1. The molecule has 1 saturated carbocycles. The fourth-order valence-corrected chi connectivity index (χ4v) is 3.48. The third-order valence-electron chi connectivity index (χ3n) is 3.96. The molecule has 0 unspecified atom stereocenters. The molecule has 114 valence electrons. The van der Waals surface area contributed by atoms with Crippen molar-refractivity contribution in [3.8, 4) is 11.1 Å². The van der Waals surface area contributed by atoms with Gasteiger partial charge in [-0.25, -0.2) is 4.79 Å². The van der Waals surface area contributed by atoms with E-state index in [1.807, 2.05) is 42.6 Å². The SMILES string of the molecule is Cc1ccc(-c2ccsc2C(=O)O[C@@H]2CCCCC2=O)cc1. The zero-order chi connectivity index (χ0) is 15.5. The van der Waals surface area contributed by atoms with E-state index in [-0.39, 0.29) is 11.8 Å². The second-order valence-corrected chi connectivity index (χ2v) is 6.55. The smallest absolute Gasteiger partial charge is 0.349 e. The molecule has 0 saturated heterocycles. The molecule has 0 amide bonds. The molecule has 4 heteroatoms. The molecule has 0 spiro atoms. The molecule has 1 aromatic carbocycles. The van der Waals surface area contributed by atoms with Crippen LogP contribution in [-0.4, -0.2) is 17.9 Å². The maximum absolute atomic E-state index is 12.4. The molecule has 3 rings (SSSR count). The number of Topliss-reactive ketones (excluding diaryl/α,β-unsaturated/α-hetero) is 1. The summed E-state index contributed by atoms with van der Waals surface area (Å²) in [6, 6.07) is 9.97. The van der Waals surface area contributed by atoms with E-state index in [2.05, 4.69) is 0 Å². The quantitative estimate of drug-likeness (QED) is 0.789. The number of ether oxygens (including phenoxy) is 1. The molecule has 1 aromatic heterocycles. The minimum absolute atomic E-state index is 0.0491. The van der Waals surface area contributed by atoms with Gasteiger partial charge in [0.05, 0.1) is 0 Å². The van der Waals surface area contributed by atoms with Crippen LogP contribution < -0.4 is 0 Å². The van der Waals surface area contributed by atoms with Gasteiger partial charge < -0.3 is 4.74 Å². The average Bonchev–Trinajstić information content (AvgIpc) is 3.00. The highest BCUT2D eigenvalue weighted by Crippen LogP contribution is 2.30. The van der Waals surface area contributed by atoms with E-state index in [9.17, 15) is 9.59 Å². The van der Waals surface area contributed by atoms with E-state index in [0.29, 0.717) is 17.7 Å². The molecule has 0 radical (unpaired) electrons. The Labute approximate surface area is 133 Å². The van der Waals surface area contributed by atoms with Gasteiger partial charge in [-0.3, -0.25) is 4.79 Å². The van der Waals surface area contributed by atoms with Crippen molar-refractivity contribution in [2.24, 2.45) is 0 Å². The summed E-state index contributed by atoms with van der Waals surface area (Å²) in [6.07, 6.45) is 2.46. The number of ketones is 1. The lowest BCUT2D eigenvalue weighted by atomic mass is 9.96. The highest BCUT2D eigenvalue weighted by Gasteiger charge is 2.27. The first-order valence-corrected chi connectivity index (χ1v) is 8.41. The molecule has 0 aliphatic heterocycles. The average molecular weight is 314 g/mol. The third kappa shape index (κ3) is 3.12. The molecular formula is C18H18O3S. The maximum atomic E-state index is 12.4. The standard InChI is InChI=1S/C18H18O3S/c1-12-6-8-13(9-7-12)14-10-11-22-17(14)18(20)21-16-5-3-2-4-15(16)19/h6-11,16H,2-5H2,1H3/t16-/m1/s1. The number of hydrogen-bond donors (Lipinski definition) is 0. The van der Waals surface area contributed by atoms with Crippen LogP contribution in [0.4, 0.5) is 0 Å². The number of carbonyl (C=O) groups excluding carboxylic acids is 2. The first-order valence-electron chi connectivity index (χ1n) is 7.53. The third-order valence-corrected chi connectivity index (χ3v) is 4.86. The van der Waals surface area contributed by atoms with Gasteiger partial charge in [-0.1, -0.05) is 29.8 Å². The van der Waals surface area contributed by atoms with Crippen LogP contribution >= 0.6 is 11.3 Å². The molecule has 3 nitrogen and oxygen atoms in total. The predicted molar refractivity (Wildman–Crippen MR) is 87.2 cm³/mol. The Morgan fingerprint density at radius 1 is 1.18 bits per heavy atom. The van der Waals surface area contributed by atoms with Crippen LogP contribution in [0.2, 0.25) is 0 Å². The van der Waals surface area contributed by atoms with E-state index in [4.69, 9.17) is 4.74 Å². The largest absolute Gasteiger partial charge is 0.450 e. The van der Waals surface area contributed by atoms with E-state index in [1.54, 1.807) is 0 Å². The van der Waals surface area contributed by atoms with Crippen molar-refractivity contribution in [2.45, 2.75) is 38.7 Å². The molecule has 1 fully saturated rings. The zero-order valence-electron chi connectivity index (χ0n) is 12.5. The van der Waals surface area contributed by atoms with E-state index in [1.165, 1.54) is 16.9 Å². The van der Waals surface area contributed by atoms with E-state index < -0.39 is 6.10 Å². The van der Waals surface area contributed by atoms with E-state index in [0.717, 1.165) is 24.0 Å². The van der Waals surface area contributed by atoms with Crippen molar-refractivity contribution in [3.63, 3.8) is 0 Å². The molecule has 1 heterocycles. The molecule has 2 aromatic rings. The van der Waals surface area contributed by atoms with Crippen LogP contribution in [0.5, 0.6) is 0 Å². The molecule has 1 atom stereocenters. The number of carbonyl (C=O) groups is 2. The van der Waals surface area contributed by atoms with Crippen LogP contribution in [0.25, 0.3) is 11.1 Å². The molecule has 0 bridgehead atoms. The fraction of sp³-hybridized carbons (Fsp3) is 0.333. The lowest BCUT2D eigenvalue weighted by Crippen LogP contribution is -2.30. The van der Waals surface area contributed by atoms with Crippen LogP contribution in [0.15, 0.2) is 35.7 Å². The van der Waals surface area contributed by atoms with Crippen molar-refractivity contribution in [2.75, 3.05) is 0 Å². The lowest BCUT2D eigenvalue weighted by molar-refractivity contribution is -0.129. The van der Waals surface area contributed by atoms with Gasteiger partial charge in [0.2, 0.25) is 0 Å². The monoisotopic (exact) mass is 314 g/mol. The number of aryl methyl sites for hydroxylation is 1. The summed E-state index contributed by atoms with van der Waals surface area (Å²) in [6.45, 7) is 2.03. The topological polar surface area (TPSA) is 43.4 Å². The predicted octanol–water partition coefficient (Wildman–Crippen LogP) is 4.39. The van der Waals surface area contributed by atoms with Crippen LogP contribution in [0, 0.1) is 6.92 Å². The summed E-state index contributed by atoms with van der Waals surface area (Å²) >= 11 is 1.36. The van der Waals surface area contributed by atoms with Gasteiger partial charge in [-0.15, -0.1) is 11.3 Å². The fourth-order valence-electron chi connectivity index (χ4n) is 2.69. The van der Waals surface area contributed by atoms with Crippen molar-refractivity contribution in [3.05, 3.63) is 46.2 Å². The van der Waals surface area contributed by atoms with Crippen molar-refractivity contribution >= 4 is 23.1 Å². The molecule has 22 heavy (non-hydrogen) atoms. The molecule has 1 aliphatic rings. The maximum Gasteiger partial charge on any atom is 0.349 e. The van der Waals surface area contributed by atoms with Crippen molar-refractivity contribution in [1.29, 1.82) is 0 Å². The van der Waals surface area contributed by atoms with Gasteiger partial charge in [-0.05, 0) is 43.2 Å². The second-order valence-electron chi connectivity index (χ2n) is 5.64. The molecular weight excluding hydrogens is 296 g/mol. The summed E-state index contributed by atoms with van der Waals surface area (Å²) in [5.41, 5.74) is 3.04. The molecule has 0 N–H and O–H groups in total. The number of hydrogen-bond acceptors (Lipinski definition) is 4. The Bertz CT molecular complexity index is 685. The Hall–Kier alpha value is -1.94. The first kappa shape index (κ1) is 15.0. The normalized spacial score (nSPS) is 18.2. The lowest BCUT2D eigenvalue weighted by Gasteiger charge is -2.20. The summed E-state index contributed by atoms with van der Waals surface area (Å²) < 4.78 is 5.46. The Balaban J connectivity index is 1.80. The summed E-state index contributed by atoms with van der Waals surface area (Å²) in [7, 11) is 0. The molecule has 1 aliphatic carbocycles. The van der Waals surface area contributed by atoms with Gasteiger partial charge in [0.25, 0.3) is 0 Å². The highest BCUT2D eigenvalue weighted by atomic mass is 32.1. The van der Waals surface area contributed by atoms with Crippen molar-refractivity contribution in [1.82, 2.24) is 0 Å². The van der Waals surface area contributed by atoms with Crippen LogP contribution in [-0.2, 0) is 9.53 Å². The second kappa shape index (κ2) is 6.44. The Morgan fingerprint density at radius 2 is 1.95 bits per heavy atom. The van der Waals surface area contributed by atoms with Gasteiger partial charge in [-0.2, -0.15) is 0 Å². The van der Waals surface area contributed by atoms with Crippen LogP contribution in [0.1, 0.15) is 40.9 Å². The number of benzene rings is 1. The zero-order valence-corrected chi connectivity index (χ0v) is 13.3. The first-order chi connectivity index (χ1) is 10.6. The van der Waals surface area contributed by atoms with Gasteiger partial charge in [0.15, 0.2) is 11.9 Å². The minimum atomic E-state index is -0.561. The summed E-state index contributed by atoms with van der Waals surface area (Å²) in [5, 5.41) is 1.88. The van der Waals surface area contributed by atoms with E-state index >= 15 is 0 Å². The number of rotatable bonds is 3. The van der Waals surface area contributed by atoms with Gasteiger partial charge in [0.1, 0.15) is 4.88 Å². The van der Waals surface area contributed by atoms with Gasteiger partial charge >= 0.3 is 5.97 Å².